The first-order valence-corrected chi connectivity index (χ1v) is 6.95. The van der Waals surface area contributed by atoms with E-state index >= 15 is 0 Å². The maximum atomic E-state index is 10.9. The molecule has 1 aliphatic rings. The van der Waals surface area contributed by atoms with Crippen LogP contribution in [0, 0.1) is 17.0 Å². The van der Waals surface area contributed by atoms with Crippen molar-refractivity contribution in [2.75, 3.05) is 13.1 Å². The van der Waals surface area contributed by atoms with Gasteiger partial charge in [0.2, 0.25) is 11.7 Å². The van der Waals surface area contributed by atoms with Gasteiger partial charge in [-0.2, -0.15) is 4.98 Å². The maximum absolute atomic E-state index is 10.9. The van der Waals surface area contributed by atoms with E-state index in [1.807, 2.05) is 6.92 Å². The molecule has 1 fully saturated rings. The predicted octanol–water partition coefficient (Wildman–Crippen LogP) is 2.42. The second kappa shape index (κ2) is 5.61. The number of nitrogens with one attached hydrogen (secondary N) is 1. The zero-order valence-electron chi connectivity index (χ0n) is 11.7. The Balaban J connectivity index is 1.92. The van der Waals surface area contributed by atoms with E-state index in [0.29, 0.717) is 17.3 Å². The molecule has 110 valence electrons. The van der Waals surface area contributed by atoms with Gasteiger partial charge in [0, 0.05) is 24.2 Å². The van der Waals surface area contributed by atoms with Crippen LogP contribution in [0.1, 0.15) is 30.2 Å². The highest BCUT2D eigenvalue weighted by Gasteiger charge is 2.22. The molecule has 0 radical (unpaired) electrons. The number of non-ortho nitro benzene ring substituents is 1. The summed E-state index contributed by atoms with van der Waals surface area (Å²) < 4.78 is 5.34. The zero-order valence-corrected chi connectivity index (χ0v) is 11.7. The third-order valence-electron chi connectivity index (χ3n) is 3.76. The Kier molecular flexibility index (Phi) is 3.66. The molecule has 1 aromatic carbocycles. The molecule has 1 atom stereocenters. The van der Waals surface area contributed by atoms with Gasteiger partial charge in [-0.25, -0.2) is 0 Å². The molecule has 0 saturated carbocycles. The van der Waals surface area contributed by atoms with E-state index in [1.54, 1.807) is 6.07 Å². The fourth-order valence-electron chi connectivity index (χ4n) is 2.54. The molecular formula is C14H16N4O3. The molecule has 1 unspecified atom stereocenters. The Bertz CT molecular complexity index is 662. The summed E-state index contributed by atoms with van der Waals surface area (Å²) in [5.41, 5.74) is 1.55. The number of hydrogen-bond donors (Lipinski definition) is 1. The molecule has 2 heterocycles. The molecule has 0 spiro atoms. The van der Waals surface area contributed by atoms with Crippen molar-refractivity contribution in [3.8, 4) is 11.4 Å². The summed E-state index contributed by atoms with van der Waals surface area (Å²) in [6.45, 7) is 3.72. The molecule has 0 aliphatic carbocycles. The molecule has 0 amide bonds. The Labute approximate surface area is 121 Å². The molecule has 1 aliphatic heterocycles. The molecule has 1 aromatic heterocycles. The van der Waals surface area contributed by atoms with Crippen LogP contribution < -0.4 is 5.32 Å². The Morgan fingerprint density at radius 3 is 3.05 bits per heavy atom. The zero-order chi connectivity index (χ0) is 14.8. The first-order chi connectivity index (χ1) is 10.1. The fourth-order valence-corrected chi connectivity index (χ4v) is 2.54. The lowest BCUT2D eigenvalue weighted by atomic mass is 10.00. The predicted molar refractivity (Wildman–Crippen MR) is 76.0 cm³/mol. The van der Waals surface area contributed by atoms with Gasteiger partial charge in [0.05, 0.1) is 10.8 Å². The summed E-state index contributed by atoms with van der Waals surface area (Å²) in [4.78, 5) is 14.9. The van der Waals surface area contributed by atoms with Gasteiger partial charge >= 0.3 is 0 Å². The fraction of sp³-hybridized carbons (Fsp3) is 0.429. The Morgan fingerprint density at radius 1 is 1.48 bits per heavy atom. The number of hydrogen-bond acceptors (Lipinski definition) is 6. The average Bonchev–Trinajstić information content (AvgIpc) is 2.98. The van der Waals surface area contributed by atoms with Crippen LogP contribution >= 0.6 is 0 Å². The number of nitro groups is 1. The van der Waals surface area contributed by atoms with Crippen LogP contribution in [-0.2, 0) is 0 Å². The molecule has 1 N–H and O–H groups in total. The van der Waals surface area contributed by atoms with Crippen molar-refractivity contribution in [1.29, 1.82) is 0 Å². The van der Waals surface area contributed by atoms with Crippen LogP contribution in [0.4, 0.5) is 5.69 Å². The van der Waals surface area contributed by atoms with Gasteiger partial charge < -0.3 is 9.84 Å². The van der Waals surface area contributed by atoms with Crippen LogP contribution in [0.3, 0.4) is 0 Å². The van der Waals surface area contributed by atoms with Crippen molar-refractivity contribution >= 4 is 5.69 Å². The van der Waals surface area contributed by atoms with E-state index < -0.39 is 4.92 Å². The highest BCUT2D eigenvalue weighted by atomic mass is 16.6. The van der Waals surface area contributed by atoms with Crippen molar-refractivity contribution in [2.45, 2.75) is 25.7 Å². The SMILES string of the molecule is Cc1ccc([N+](=O)[O-])cc1-c1noc(C2CCCNC2)n1. The number of benzene rings is 1. The summed E-state index contributed by atoms with van der Waals surface area (Å²) in [5.74, 6) is 1.24. The summed E-state index contributed by atoms with van der Waals surface area (Å²) in [7, 11) is 0. The quantitative estimate of drug-likeness (QED) is 0.688. The normalized spacial score (nSPS) is 18.6. The van der Waals surface area contributed by atoms with Gasteiger partial charge in [-0.05, 0) is 31.9 Å². The second-order valence-electron chi connectivity index (χ2n) is 5.26. The smallest absolute Gasteiger partial charge is 0.270 e. The van der Waals surface area contributed by atoms with Crippen LogP contribution in [-0.4, -0.2) is 28.2 Å². The van der Waals surface area contributed by atoms with Crippen LogP contribution in [0.2, 0.25) is 0 Å². The summed E-state index contributed by atoms with van der Waals surface area (Å²) in [6.07, 6.45) is 2.10. The van der Waals surface area contributed by atoms with Crippen molar-refractivity contribution in [2.24, 2.45) is 0 Å². The summed E-state index contributed by atoms with van der Waals surface area (Å²) in [5, 5.41) is 18.2. The van der Waals surface area contributed by atoms with Crippen molar-refractivity contribution < 1.29 is 9.45 Å². The molecular weight excluding hydrogens is 272 g/mol. The second-order valence-corrected chi connectivity index (χ2v) is 5.26. The third kappa shape index (κ3) is 2.78. The first-order valence-electron chi connectivity index (χ1n) is 6.95. The number of piperidine rings is 1. The number of aryl methyl sites for hydroxylation is 1. The van der Waals surface area contributed by atoms with Gasteiger partial charge in [-0.15, -0.1) is 0 Å². The number of nitrogens with zero attached hydrogens (tertiary/aromatic N) is 3. The van der Waals surface area contributed by atoms with Crippen LogP contribution in [0.15, 0.2) is 22.7 Å². The highest BCUT2D eigenvalue weighted by Crippen LogP contribution is 2.28. The summed E-state index contributed by atoms with van der Waals surface area (Å²) >= 11 is 0. The van der Waals surface area contributed by atoms with E-state index in [1.165, 1.54) is 12.1 Å². The van der Waals surface area contributed by atoms with E-state index in [-0.39, 0.29) is 11.6 Å². The summed E-state index contributed by atoms with van der Waals surface area (Å²) in [6, 6.07) is 4.67. The molecule has 1 saturated heterocycles. The Hall–Kier alpha value is -2.28. The van der Waals surface area contributed by atoms with Crippen molar-refractivity contribution in [3.63, 3.8) is 0 Å². The van der Waals surface area contributed by atoms with Gasteiger partial charge in [0.25, 0.3) is 5.69 Å². The molecule has 7 heteroatoms. The lowest BCUT2D eigenvalue weighted by Gasteiger charge is -2.18. The van der Waals surface area contributed by atoms with E-state index in [9.17, 15) is 10.1 Å². The van der Waals surface area contributed by atoms with Crippen molar-refractivity contribution in [3.05, 3.63) is 39.8 Å². The average molecular weight is 288 g/mol. The largest absolute Gasteiger partial charge is 0.339 e. The maximum Gasteiger partial charge on any atom is 0.270 e. The van der Waals surface area contributed by atoms with Crippen LogP contribution in [0.25, 0.3) is 11.4 Å². The minimum absolute atomic E-state index is 0.0290. The lowest BCUT2D eigenvalue weighted by Crippen LogP contribution is -2.28. The number of aromatic nitrogens is 2. The Morgan fingerprint density at radius 2 is 2.33 bits per heavy atom. The van der Waals surface area contributed by atoms with E-state index in [0.717, 1.165) is 31.5 Å². The van der Waals surface area contributed by atoms with Crippen LogP contribution in [0.5, 0.6) is 0 Å². The topological polar surface area (TPSA) is 94.1 Å². The monoisotopic (exact) mass is 288 g/mol. The van der Waals surface area contributed by atoms with Crippen molar-refractivity contribution in [1.82, 2.24) is 15.5 Å². The standard InChI is InChI=1S/C14H16N4O3/c1-9-4-5-11(18(19)20)7-12(9)13-16-14(21-17-13)10-3-2-6-15-8-10/h4-5,7,10,15H,2-3,6,8H2,1H3. The lowest BCUT2D eigenvalue weighted by molar-refractivity contribution is -0.384. The first kappa shape index (κ1) is 13.7. The minimum Gasteiger partial charge on any atom is -0.339 e. The minimum atomic E-state index is -0.422. The number of rotatable bonds is 3. The molecule has 3 rings (SSSR count). The molecule has 2 aromatic rings. The van der Waals surface area contributed by atoms with Gasteiger partial charge in [-0.3, -0.25) is 10.1 Å². The third-order valence-corrected chi connectivity index (χ3v) is 3.76. The highest BCUT2D eigenvalue weighted by molar-refractivity contribution is 5.63. The van der Waals surface area contributed by atoms with E-state index in [2.05, 4.69) is 15.5 Å². The van der Waals surface area contributed by atoms with Gasteiger partial charge in [0.1, 0.15) is 0 Å². The van der Waals surface area contributed by atoms with Gasteiger partial charge in [-0.1, -0.05) is 11.2 Å². The number of nitro benzene ring substituents is 1. The molecule has 7 nitrogen and oxygen atoms in total. The van der Waals surface area contributed by atoms with E-state index in [4.69, 9.17) is 4.52 Å². The van der Waals surface area contributed by atoms with Gasteiger partial charge in [0.15, 0.2) is 0 Å². The molecule has 0 bridgehead atoms. The molecule has 21 heavy (non-hydrogen) atoms.